The second kappa shape index (κ2) is 11.1. The molecule has 0 radical (unpaired) electrons. The van der Waals surface area contributed by atoms with Crippen LogP contribution in [0.5, 0.6) is 0 Å². The Morgan fingerprint density at radius 3 is 2.11 bits per heavy atom. The number of rotatable bonds is 9. The molecule has 1 unspecified atom stereocenters. The molecule has 0 aliphatic rings. The van der Waals surface area contributed by atoms with Gasteiger partial charge in [0.05, 0.1) is 0 Å². The van der Waals surface area contributed by atoms with Crippen LogP contribution < -0.4 is 0 Å². The highest BCUT2D eigenvalue weighted by Crippen LogP contribution is 2.33. The van der Waals surface area contributed by atoms with Crippen molar-refractivity contribution in [3.8, 4) is 0 Å². The lowest BCUT2D eigenvalue weighted by Crippen LogP contribution is -2.11. The van der Waals surface area contributed by atoms with E-state index in [4.69, 9.17) is 0 Å². The molecule has 0 amide bonds. The molecule has 0 aromatic heterocycles. The minimum atomic E-state index is 0.184. The Labute approximate surface area is 168 Å². The molecule has 1 rings (SSSR count). The average Bonchev–Trinajstić information content (AvgIpc) is 2.62. The van der Waals surface area contributed by atoms with Crippen molar-refractivity contribution in [1.82, 2.24) is 0 Å². The lowest BCUT2D eigenvalue weighted by molar-refractivity contribution is 0.590. The van der Waals surface area contributed by atoms with Crippen molar-refractivity contribution in [1.29, 1.82) is 0 Å². The van der Waals surface area contributed by atoms with Crippen LogP contribution in [-0.2, 0) is 5.41 Å². The predicted octanol–water partition coefficient (Wildman–Crippen LogP) is 8.67. The van der Waals surface area contributed by atoms with E-state index in [1.54, 1.807) is 5.57 Å². The summed E-state index contributed by atoms with van der Waals surface area (Å²) in [5.41, 5.74) is 6.98. The second-order valence-electron chi connectivity index (χ2n) is 8.58. The molecule has 0 heteroatoms. The SMILES string of the molecule is C=C(C)C(C(/C=C\CC/C(=C\C)CCC)=C/C)c1ccc(C(C)(C)C)cc1. The van der Waals surface area contributed by atoms with Gasteiger partial charge in [0.1, 0.15) is 0 Å². The fourth-order valence-corrected chi connectivity index (χ4v) is 3.52. The molecule has 148 valence electrons. The summed E-state index contributed by atoms with van der Waals surface area (Å²) in [5, 5.41) is 0. The van der Waals surface area contributed by atoms with Gasteiger partial charge in [0.25, 0.3) is 0 Å². The quantitative estimate of drug-likeness (QED) is 0.304. The van der Waals surface area contributed by atoms with Crippen molar-refractivity contribution in [3.63, 3.8) is 0 Å². The normalized spacial score (nSPS) is 14.6. The Bertz CT molecular complexity index is 672. The van der Waals surface area contributed by atoms with Crippen LogP contribution in [0, 0.1) is 0 Å². The molecule has 0 bridgehead atoms. The number of allylic oxidation sites excluding steroid dienone is 7. The number of benzene rings is 1. The van der Waals surface area contributed by atoms with Gasteiger partial charge in [0.15, 0.2) is 0 Å². The van der Waals surface area contributed by atoms with Crippen molar-refractivity contribution in [2.24, 2.45) is 0 Å². The summed E-state index contributed by atoms with van der Waals surface area (Å²) in [5.74, 6) is 0.261. The van der Waals surface area contributed by atoms with E-state index < -0.39 is 0 Å². The van der Waals surface area contributed by atoms with E-state index in [0.717, 1.165) is 12.8 Å². The standard InChI is InChI=1S/C27H40/c1-9-14-22(10-2)15-12-13-16-23(11-3)26(21(4)5)24-17-19-25(20-18-24)27(6,7)8/h10-11,13,16-20,26H,4,9,12,14-15H2,1-3,5-8H3/b16-13-,22-10-,23-11+. The lowest BCUT2D eigenvalue weighted by Gasteiger charge is -2.23. The van der Waals surface area contributed by atoms with E-state index >= 15 is 0 Å². The molecule has 0 saturated heterocycles. The van der Waals surface area contributed by atoms with Gasteiger partial charge in [-0.2, -0.15) is 0 Å². The zero-order valence-electron chi connectivity index (χ0n) is 18.7. The Morgan fingerprint density at radius 1 is 1.04 bits per heavy atom. The van der Waals surface area contributed by atoms with Gasteiger partial charge < -0.3 is 0 Å². The summed E-state index contributed by atoms with van der Waals surface area (Å²) in [6.07, 6.45) is 13.8. The van der Waals surface area contributed by atoms with Gasteiger partial charge in [0.2, 0.25) is 0 Å². The van der Waals surface area contributed by atoms with E-state index in [-0.39, 0.29) is 11.3 Å². The zero-order valence-corrected chi connectivity index (χ0v) is 18.7. The predicted molar refractivity (Wildman–Crippen MR) is 123 cm³/mol. The molecule has 27 heavy (non-hydrogen) atoms. The van der Waals surface area contributed by atoms with Crippen LogP contribution in [0.25, 0.3) is 0 Å². The summed E-state index contributed by atoms with van der Waals surface area (Å²) >= 11 is 0. The topological polar surface area (TPSA) is 0 Å². The van der Waals surface area contributed by atoms with Crippen molar-refractivity contribution < 1.29 is 0 Å². The first-order chi connectivity index (χ1) is 12.7. The summed E-state index contributed by atoms with van der Waals surface area (Å²) in [7, 11) is 0. The molecule has 0 saturated carbocycles. The maximum atomic E-state index is 4.28. The van der Waals surface area contributed by atoms with Crippen LogP contribution in [0.15, 0.2) is 71.9 Å². The Morgan fingerprint density at radius 2 is 1.67 bits per heavy atom. The Kier molecular flexibility index (Phi) is 9.56. The van der Waals surface area contributed by atoms with E-state index in [9.17, 15) is 0 Å². The van der Waals surface area contributed by atoms with E-state index in [1.807, 2.05) is 0 Å². The van der Waals surface area contributed by atoms with Gasteiger partial charge in [-0.15, -0.1) is 0 Å². The largest absolute Gasteiger partial charge is 0.0992 e. The molecular formula is C27H40. The first-order valence-electron chi connectivity index (χ1n) is 10.5. The monoisotopic (exact) mass is 364 g/mol. The van der Waals surface area contributed by atoms with Gasteiger partial charge in [-0.3, -0.25) is 0 Å². The summed E-state index contributed by atoms with van der Waals surface area (Å²) in [6, 6.07) is 9.09. The molecule has 0 spiro atoms. The zero-order chi connectivity index (χ0) is 20.4. The first kappa shape index (κ1) is 23.2. The summed E-state index contributed by atoms with van der Waals surface area (Å²) in [6.45, 7) is 19.7. The van der Waals surface area contributed by atoms with Crippen LogP contribution in [0.2, 0.25) is 0 Å². The fraction of sp³-hybridized carbons (Fsp3) is 0.481. The molecular weight excluding hydrogens is 324 g/mol. The molecule has 1 aromatic carbocycles. The third kappa shape index (κ3) is 7.37. The fourth-order valence-electron chi connectivity index (χ4n) is 3.52. The van der Waals surface area contributed by atoms with Crippen LogP contribution in [0.3, 0.4) is 0 Å². The van der Waals surface area contributed by atoms with Crippen molar-refractivity contribution in [3.05, 3.63) is 83.0 Å². The third-order valence-electron chi connectivity index (χ3n) is 5.19. The number of hydrogen-bond acceptors (Lipinski definition) is 0. The molecule has 0 fully saturated rings. The maximum Gasteiger partial charge on any atom is 0.0290 e. The van der Waals surface area contributed by atoms with Crippen molar-refractivity contribution in [2.75, 3.05) is 0 Å². The molecule has 0 nitrogen and oxygen atoms in total. The van der Waals surface area contributed by atoms with Gasteiger partial charge >= 0.3 is 0 Å². The van der Waals surface area contributed by atoms with Crippen LogP contribution in [-0.4, -0.2) is 0 Å². The molecule has 0 heterocycles. The summed E-state index contributed by atoms with van der Waals surface area (Å²) in [4.78, 5) is 0. The van der Waals surface area contributed by atoms with E-state index in [0.29, 0.717) is 0 Å². The molecule has 0 aliphatic carbocycles. The first-order valence-corrected chi connectivity index (χ1v) is 10.5. The highest BCUT2D eigenvalue weighted by atomic mass is 14.2. The highest BCUT2D eigenvalue weighted by molar-refractivity contribution is 5.43. The smallest absolute Gasteiger partial charge is 0.0290 e. The molecule has 1 aromatic rings. The van der Waals surface area contributed by atoms with Gasteiger partial charge in [0, 0.05) is 5.92 Å². The second-order valence-corrected chi connectivity index (χ2v) is 8.58. The van der Waals surface area contributed by atoms with Gasteiger partial charge in [-0.1, -0.05) is 100 Å². The lowest BCUT2D eigenvalue weighted by atomic mass is 9.82. The molecule has 1 atom stereocenters. The van der Waals surface area contributed by atoms with Gasteiger partial charge in [-0.05, 0) is 62.1 Å². The van der Waals surface area contributed by atoms with Crippen LogP contribution >= 0.6 is 0 Å². The van der Waals surface area contributed by atoms with Crippen LogP contribution in [0.4, 0.5) is 0 Å². The highest BCUT2D eigenvalue weighted by Gasteiger charge is 2.18. The Hall–Kier alpha value is -1.82. The average molecular weight is 365 g/mol. The van der Waals surface area contributed by atoms with E-state index in [1.165, 1.54) is 35.1 Å². The molecule has 0 N–H and O–H groups in total. The minimum Gasteiger partial charge on any atom is -0.0992 e. The van der Waals surface area contributed by atoms with Crippen LogP contribution in [0.1, 0.15) is 91.2 Å². The summed E-state index contributed by atoms with van der Waals surface area (Å²) < 4.78 is 0. The molecule has 0 aliphatic heterocycles. The van der Waals surface area contributed by atoms with Gasteiger partial charge in [-0.25, -0.2) is 0 Å². The third-order valence-corrected chi connectivity index (χ3v) is 5.19. The van der Waals surface area contributed by atoms with E-state index in [2.05, 4.69) is 104 Å². The Balaban J connectivity index is 2.94. The van der Waals surface area contributed by atoms with Crippen molar-refractivity contribution in [2.45, 2.75) is 85.5 Å². The number of hydrogen-bond donors (Lipinski definition) is 0. The van der Waals surface area contributed by atoms with Crippen molar-refractivity contribution >= 4 is 0 Å². The maximum absolute atomic E-state index is 4.28. The minimum absolute atomic E-state index is 0.184.